The van der Waals surface area contributed by atoms with Gasteiger partial charge in [-0.25, -0.2) is 4.98 Å². The number of fused-ring (bicyclic) bond motifs is 3. The summed E-state index contributed by atoms with van der Waals surface area (Å²) in [6.45, 7) is 5.85. The van der Waals surface area contributed by atoms with Crippen molar-refractivity contribution in [3.63, 3.8) is 0 Å². The number of aromatic nitrogens is 1. The molecule has 47 heavy (non-hydrogen) atoms. The number of aliphatic hydroxyl groups is 1. The van der Waals surface area contributed by atoms with Crippen molar-refractivity contribution in [2.75, 3.05) is 36.6 Å². The number of nitrogens with zero attached hydrogens (tertiary/aromatic N) is 4. The van der Waals surface area contributed by atoms with E-state index in [-0.39, 0.29) is 34.2 Å². The molecule has 5 fully saturated rings. The zero-order valence-corrected chi connectivity index (χ0v) is 29.3. The van der Waals surface area contributed by atoms with Crippen LogP contribution in [0.15, 0.2) is 41.6 Å². The highest BCUT2D eigenvalue weighted by Gasteiger charge is 2.51. The number of hydrogen-bond donors (Lipinski definition) is 1. The molecule has 8 rings (SSSR count). The topological polar surface area (TPSA) is 95.3 Å². The Labute approximate surface area is 282 Å². The summed E-state index contributed by atoms with van der Waals surface area (Å²) >= 11 is 0. The molecular formula is C38H52N4O4S. The summed E-state index contributed by atoms with van der Waals surface area (Å²) < 4.78 is 17.5. The molecule has 6 aliphatic rings. The number of aryl methyl sites for hydroxylation is 1. The van der Waals surface area contributed by atoms with E-state index in [1.54, 1.807) is 7.11 Å². The minimum absolute atomic E-state index is 0.0789. The molecule has 0 radical (unpaired) electrons. The number of hydrogen-bond acceptors (Lipinski definition) is 7. The highest BCUT2D eigenvalue weighted by molar-refractivity contribution is 7.85. The second-order valence-corrected chi connectivity index (χ2v) is 17.3. The smallest absolute Gasteiger partial charge is 0.231 e. The summed E-state index contributed by atoms with van der Waals surface area (Å²) in [4.78, 5) is 21.4. The van der Waals surface area contributed by atoms with Gasteiger partial charge in [-0.05, 0) is 137 Å². The molecule has 1 aromatic carbocycles. The fourth-order valence-corrected chi connectivity index (χ4v) is 10.6. The van der Waals surface area contributed by atoms with Crippen LogP contribution in [0.4, 0.5) is 5.82 Å². The van der Waals surface area contributed by atoms with E-state index in [9.17, 15) is 14.1 Å². The minimum Gasteiger partial charge on any atom is -0.496 e. The summed E-state index contributed by atoms with van der Waals surface area (Å²) in [7, 11) is 1.04. The van der Waals surface area contributed by atoms with Crippen LogP contribution >= 0.6 is 0 Å². The monoisotopic (exact) mass is 660 g/mol. The van der Waals surface area contributed by atoms with Gasteiger partial charge >= 0.3 is 0 Å². The Balaban J connectivity index is 1.12. The van der Waals surface area contributed by atoms with E-state index in [2.05, 4.69) is 55.4 Å². The second-order valence-electron chi connectivity index (χ2n) is 15.6. The number of carbonyl (C=O) groups is 1. The molecule has 4 saturated carbocycles. The summed E-state index contributed by atoms with van der Waals surface area (Å²) in [5, 5.41) is 17.3. The van der Waals surface area contributed by atoms with E-state index in [0.717, 1.165) is 99.4 Å². The molecule has 1 N–H and O–H groups in total. The van der Waals surface area contributed by atoms with Crippen LogP contribution in [-0.4, -0.2) is 75.3 Å². The number of pyridine rings is 1. The van der Waals surface area contributed by atoms with Gasteiger partial charge in [0.1, 0.15) is 11.6 Å². The Morgan fingerprint density at radius 1 is 1.00 bits per heavy atom. The molecule has 254 valence electrons. The van der Waals surface area contributed by atoms with Crippen LogP contribution in [0.3, 0.4) is 0 Å². The normalized spacial score (nSPS) is 35.2. The number of anilines is 1. The molecule has 1 amide bonds. The van der Waals surface area contributed by atoms with Crippen molar-refractivity contribution in [3.05, 3.63) is 53.2 Å². The number of carbonyl (C=O) groups excluding carboxylic acids is 1. The fourth-order valence-electron chi connectivity index (χ4n) is 9.30. The van der Waals surface area contributed by atoms with Gasteiger partial charge < -0.3 is 9.84 Å². The first-order valence-corrected chi connectivity index (χ1v) is 19.4. The van der Waals surface area contributed by atoms with Crippen LogP contribution in [0.2, 0.25) is 0 Å². The number of benzene rings is 1. The van der Waals surface area contributed by atoms with Crippen molar-refractivity contribution < 1.29 is 18.8 Å². The Bertz CT molecular complexity index is 1500. The lowest BCUT2D eigenvalue weighted by Crippen LogP contribution is -2.52. The Hall–Kier alpha value is -2.78. The van der Waals surface area contributed by atoms with Crippen LogP contribution in [0.1, 0.15) is 101 Å². The zero-order valence-electron chi connectivity index (χ0n) is 28.5. The lowest BCUT2D eigenvalue weighted by molar-refractivity contribution is -0.124. The average Bonchev–Trinajstić information content (AvgIpc) is 3.51. The number of methoxy groups -OCH3 is 1. The summed E-state index contributed by atoms with van der Waals surface area (Å²) in [6.07, 6.45) is 15.1. The molecule has 1 atom stereocenters. The van der Waals surface area contributed by atoms with Gasteiger partial charge in [-0.3, -0.25) is 18.9 Å². The van der Waals surface area contributed by atoms with Crippen LogP contribution in [-0.2, 0) is 26.4 Å². The summed E-state index contributed by atoms with van der Waals surface area (Å²) in [5.41, 5.74) is 3.77. The number of ether oxygens (including phenoxy) is 1. The molecular weight excluding hydrogens is 609 g/mol. The molecule has 0 spiro atoms. The summed E-state index contributed by atoms with van der Waals surface area (Å²) in [5.74, 6) is 3.30. The molecule has 9 heteroatoms. The largest absolute Gasteiger partial charge is 0.496 e. The SMILES string of the molecule is COc1ccc(C23CCC(CN(C(=O)C4CCC(O)CC4)c4cc(C5(C)C=NN(C6CCS(=O)CC6)C5)ccn4)(CC2)CC3)cc1C. The van der Waals surface area contributed by atoms with Crippen molar-refractivity contribution >= 4 is 28.7 Å². The maximum atomic E-state index is 14.5. The van der Waals surface area contributed by atoms with E-state index in [4.69, 9.17) is 14.8 Å². The Morgan fingerprint density at radius 3 is 2.36 bits per heavy atom. The van der Waals surface area contributed by atoms with Crippen LogP contribution in [0.25, 0.3) is 0 Å². The van der Waals surface area contributed by atoms with E-state index >= 15 is 0 Å². The van der Waals surface area contributed by atoms with E-state index < -0.39 is 10.8 Å². The van der Waals surface area contributed by atoms with E-state index in [1.807, 2.05) is 11.1 Å². The predicted molar refractivity (Wildman–Crippen MR) is 188 cm³/mol. The van der Waals surface area contributed by atoms with E-state index in [1.165, 1.54) is 11.1 Å². The molecule has 1 aromatic heterocycles. The molecule has 3 heterocycles. The first-order chi connectivity index (χ1) is 22.6. The highest BCUT2D eigenvalue weighted by atomic mass is 32.2. The van der Waals surface area contributed by atoms with Gasteiger partial charge in [0, 0.05) is 58.6 Å². The quantitative estimate of drug-likeness (QED) is 0.371. The van der Waals surface area contributed by atoms with Crippen LogP contribution in [0.5, 0.6) is 5.75 Å². The van der Waals surface area contributed by atoms with Crippen molar-refractivity contribution in [2.24, 2.45) is 16.4 Å². The molecule has 1 saturated heterocycles. The molecule has 2 bridgehead atoms. The third kappa shape index (κ3) is 6.39. The number of rotatable bonds is 8. The van der Waals surface area contributed by atoms with Gasteiger partial charge in [-0.2, -0.15) is 5.10 Å². The van der Waals surface area contributed by atoms with Crippen molar-refractivity contribution in [1.29, 1.82) is 0 Å². The van der Waals surface area contributed by atoms with Gasteiger partial charge in [-0.15, -0.1) is 0 Å². The first kappa shape index (κ1) is 32.8. The Kier molecular flexibility index (Phi) is 9.00. The van der Waals surface area contributed by atoms with Crippen LogP contribution < -0.4 is 9.64 Å². The fraction of sp³-hybridized carbons (Fsp3) is 0.658. The standard InChI is InChI=1S/C38H52N4O4S/c1-27-22-30(6-9-33(27)46-3)38-16-13-37(14-17-38,15-18-38)26-41(35(44)28-4-7-32(43)8-5-28)34-23-29(10-19-39-34)36(2)24-40-42(25-36)31-11-20-47(45)21-12-31/h6,9-10,19,22-24,28,31-32,43H,4-5,7-8,11-18,20-21,25-26H2,1-3H3. The van der Waals surface area contributed by atoms with Crippen molar-refractivity contribution in [2.45, 2.75) is 114 Å². The zero-order chi connectivity index (χ0) is 32.8. The van der Waals surface area contributed by atoms with Gasteiger partial charge in [0.25, 0.3) is 0 Å². The summed E-state index contributed by atoms with van der Waals surface area (Å²) in [6, 6.07) is 11.3. The predicted octanol–water partition coefficient (Wildman–Crippen LogP) is 6.05. The molecule has 2 aromatic rings. The molecule has 8 nitrogen and oxygen atoms in total. The van der Waals surface area contributed by atoms with E-state index in [0.29, 0.717) is 25.4 Å². The maximum absolute atomic E-state index is 14.5. The second kappa shape index (κ2) is 12.9. The molecule has 2 aliphatic heterocycles. The third-order valence-electron chi connectivity index (χ3n) is 12.7. The molecule has 4 aliphatic carbocycles. The number of aliphatic hydroxyl groups excluding tert-OH is 1. The van der Waals surface area contributed by atoms with Crippen molar-refractivity contribution in [3.8, 4) is 5.75 Å². The van der Waals surface area contributed by atoms with Gasteiger partial charge in [0.15, 0.2) is 0 Å². The van der Waals surface area contributed by atoms with Crippen LogP contribution in [0, 0.1) is 18.3 Å². The maximum Gasteiger partial charge on any atom is 0.231 e. The Morgan fingerprint density at radius 2 is 1.70 bits per heavy atom. The third-order valence-corrected chi connectivity index (χ3v) is 14.0. The highest BCUT2D eigenvalue weighted by Crippen LogP contribution is 2.58. The minimum atomic E-state index is -0.696. The number of hydrazone groups is 1. The van der Waals surface area contributed by atoms with Crippen molar-refractivity contribution in [1.82, 2.24) is 9.99 Å². The van der Waals surface area contributed by atoms with Gasteiger partial charge in [0.2, 0.25) is 5.91 Å². The molecule has 1 unspecified atom stereocenters. The number of amides is 1. The first-order valence-electron chi connectivity index (χ1n) is 17.9. The van der Waals surface area contributed by atoms with Gasteiger partial charge in [-0.1, -0.05) is 12.1 Å². The average molecular weight is 661 g/mol. The van der Waals surface area contributed by atoms with Gasteiger partial charge in [0.05, 0.1) is 19.8 Å². The lowest BCUT2D eigenvalue weighted by Gasteiger charge is -2.55. The lowest BCUT2D eigenvalue weighted by atomic mass is 9.51.